The van der Waals surface area contributed by atoms with E-state index in [1.165, 1.54) is 0 Å². The minimum atomic E-state index is -0.477. The van der Waals surface area contributed by atoms with Crippen LogP contribution in [-0.2, 0) is 11.3 Å². The first-order valence-electron chi connectivity index (χ1n) is 9.02. The lowest BCUT2D eigenvalue weighted by Crippen LogP contribution is -2.70. The molecular weight excluding hydrogens is 332 g/mol. The monoisotopic (exact) mass is 356 g/mol. The van der Waals surface area contributed by atoms with Gasteiger partial charge in [0.05, 0.1) is 29.5 Å². The summed E-state index contributed by atoms with van der Waals surface area (Å²) >= 11 is 0. The molecule has 3 fully saturated rings. The molecule has 0 aliphatic carbocycles. The van der Waals surface area contributed by atoms with Crippen LogP contribution in [0.3, 0.4) is 0 Å². The van der Waals surface area contributed by atoms with Gasteiger partial charge in [-0.3, -0.25) is 14.6 Å². The van der Waals surface area contributed by atoms with E-state index in [0.29, 0.717) is 23.3 Å². The number of aromatic amines is 1. The number of ether oxygens (including phenoxy) is 1. The Morgan fingerprint density at radius 3 is 2.65 bits per heavy atom. The molecule has 5 rings (SSSR count). The number of aromatic nitrogens is 2. The quantitative estimate of drug-likeness (QED) is 0.892. The maximum atomic E-state index is 12.3. The van der Waals surface area contributed by atoms with Gasteiger partial charge in [-0.1, -0.05) is 12.1 Å². The average molecular weight is 356 g/mol. The lowest BCUT2D eigenvalue weighted by molar-refractivity contribution is -0.0786. The standard InChI is InChI=1S/C19H24N4O3/c1-19(2,3)26-18(25)23-12-8-13(23)10-22(9-12)11-16-20-15-7-5-4-6-14(15)17(24)21-16/h4-7,12-13H,8-11H2,1-3H3,(H,20,21,24). The molecule has 2 unspecified atom stereocenters. The van der Waals surface area contributed by atoms with Crippen LogP contribution < -0.4 is 5.56 Å². The SMILES string of the molecule is CC(C)(C)OC(=O)N1C2CC1CN(Cc1nc3ccccc3c(=O)[nH]1)C2. The molecule has 138 valence electrons. The number of piperazine rings is 1. The normalized spacial score (nSPS) is 23.0. The van der Waals surface area contributed by atoms with E-state index in [2.05, 4.69) is 14.9 Å². The van der Waals surface area contributed by atoms with Gasteiger partial charge in [0.2, 0.25) is 0 Å². The first-order valence-corrected chi connectivity index (χ1v) is 9.02. The number of carbonyl (C=O) groups is 1. The number of benzene rings is 1. The Morgan fingerprint density at radius 1 is 1.27 bits per heavy atom. The van der Waals surface area contributed by atoms with Gasteiger partial charge in [-0.25, -0.2) is 9.78 Å². The topological polar surface area (TPSA) is 78.5 Å². The van der Waals surface area contributed by atoms with Crippen LogP contribution in [0.4, 0.5) is 4.79 Å². The number of hydrogen-bond donors (Lipinski definition) is 1. The van der Waals surface area contributed by atoms with Crippen molar-refractivity contribution in [3.8, 4) is 0 Å². The minimum absolute atomic E-state index is 0.108. The van der Waals surface area contributed by atoms with Gasteiger partial charge in [-0.15, -0.1) is 0 Å². The van der Waals surface area contributed by atoms with Crippen molar-refractivity contribution in [2.24, 2.45) is 0 Å². The number of para-hydroxylation sites is 1. The van der Waals surface area contributed by atoms with Gasteiger partial charge in [-0.05, 0) is 39.3 Å². The second kappa shape index (κ2) is 6.09. The fourth-order valence-electron chi connectivity index (χ4n) is 3.86. The van der Waals surface area contributed by atoms with Crippen molar-refractivity contribution in [3.05, 3.63) is 40.4 Å². The van der Waals surface area contributed by atoms with Crippen molar-refractivity contribution in [2.45, 2.75) is 51.4 Å². The summed E-state index contributed by atoms with van der Waals surface area (Å²) in [7, 11) is 0. The van der Waals surface area contributed by atoms with Gasteiger partial charge >= 0.3 is 6.09 Å². The third kappa shape index (κ3) is 3.19. The van der Waals surface area contributed by atoms with Gasteiger partial charge in [0.15, 0.2) is 0 Å². The van der Waals surface area contributed by atoms with Gasteiger partial charge < -0.3 is 9.72 Å². The van der Waals surface area contributed by atoms with Crippen molar-refractivity contribution in [2.75, 3.05) is 13.1 Å². The van der Waals surface area contributed by atoms with E-state index in [1.54, 1.807) is 6.07 Å². The maximum absolute atomic E-state index is 12.3. The number of carbonyl (C=O) groups excluding carboxylic acids is 1. The van der Waals surface area contributed by atoms with Gasteiger partial charge in [0.25, 0.3) is 5.56 Å². The number of fused-ring (bicyclic) bond motifs is 3. The van der Waals surface area contributed by atoms with Gasteiger partial charge in [0.1, 0.15) is 11.4 Å². The molecule has 0 saturated carbocycles. The molecule has 3 saturated heterocycles. The third-order valence-corrected chi connectivity index (χ3v) is 4.91. The molecule has 2 atom stereocenters. The molecule has 4 heterocycles. The van der Waals surface area contributed by atoms with Crippen LogP contribution in [0, 0.1) is 0 Å². The zero-order valence-corrected chi connectivity index (χ0v) is 15.4. The molecule has 26 heavy (non-hydrogen) atoms. The zero-order chi connectivity index (χ0) is 18.5. The fourth-order valence-corrected chi connectivity index (χ4v) is 3.86. The summed E-state index contributed by atoms with van der Waals surface area (Å²) in [6.45, 7) is 7.77. The molecule has 2 aromatic rings. The largest absolute Gasteiger partial charge is 0.444 e. The Kier molecular flexibility index (Phi) is 3.99. The van der Waals surface area contributed by atoms with E-state index in [1.807, 2.05) is 43.9 Å². The smallest absolute Gasteiger partial charge is 0.410 e. The molecule has 0 spiro atoms. The van der Waals surface area contributed by atoms with E-state index in [0.717, 1.165) is 19.5 Å². The van der Waals surface area contributed by atoms with E-state index in [-0.39, 0.29) is 23.7 Å². The Hall–Kier alpha value is -2.41. The highest BCUT2D eigenvalue weighted by Crippen LogP contribution is 2.34. The molecule has 1 N–H and O–H groups in total. The molecule has 3 aliphatic heterocycles. The Bertz CT molecular complexity index is 890. The summed E-state index contributed by atoms with van der Waals surface area (Å²) in [6, 6.07) is 7.70. The highest BCUT2D eigenvalue weighted by molar-refractivity contribution is 5.77. The first-order chi connectivity index (χ1) is 12.3. The van der Waals surface area contributed by atoms with Crippen molar-refractivity contribution in [1.29, 1.82) is 0 Å². The lowest BCUT2D eigenvalue weighted by Gasteiger charge is -2.55. The van der Waals surface area contributed by atoms with Gasteiger partial charge in [0, 0.05) is 13.1 Å². The number of nitrogens with zero attached hydrogens (tertiary/aromatic N) is 3. The third-order valence-electron chi connectivity index (χ3n) is 4.91. The number of nitrogens with one attached hydrogen (secondary N) is 1. The molecule has 1 aromatic carbocycles. The maximum Gasteiger partial charge on any atom is 0.410 e. The summed E-state index contributed by atoms with van der Waals surface area (Å²) in [5, 5.41) is 0.605. The molecule has 2 bridgehead atoms. The number of H-pyrrole nitrogens is 1. The zero-order valence-electron chi connectivity index (χ0n) is 15.4. The summed E-state index contributed by atoms with van der Waals surface area (Å²) in [4.78, 5) is 36.1. The van der Waals surface area contributed by atoms with Crippen LogP contribution in [0.15, 0.2) is 29.1 Å². The van der Waals surface area contributed by atoms with Crippen LogP contribution >= 0.6 is 0 Å². The molecule has 0 radical (unpaired) electrons. The van der Waals surface area contributed by atoms with Crippen LogP contribution in [0.2, 0.25) is 0 Å². The minimum Gasteiger partial charge on any atom is -0.444 e. The number of rotatable bonds is 2. The molecular formula is C19H24N4O3. The Balaban J connectivity index is 1.43. The van der Waals surface area contributed by atoms with Crippen LogP contribution in [0.5, 0.6) is 0 Å². The van der Waals surface area contributed by atoms with Crippen molar-refractivity contribution < 1.29 is 9.53 Å². The Morgan fingerprint density at radius 2 is 1.96 bits per heavy atom. The molecule has 3 aliphatic rings. The van der Waals surface area contributed by atoms with E-state index in [9.17, 15) is 9.59 Å². The second-order valence-electron chi connectivity index (χ2n) is 8.15. The summed E-state index contributed by atoms with van der Waals surface area (Å²) in [5.74, 6) is 0.666. The molecule has 1 amide bonds. The fraction of sp³-hybridized carbons (Fsp3) is 0.526. The summed E-state index contributed by atoms with van der Waals surface area (Å²) in [5.41, 5.74) is 0.127. The Labute approximate surface area is 152 Å². The van der Waals surface area contributed by atoms with Crippen LogP contribution in [0.25, 0.3) is 10.9 Å². The summed E-state index contributed by atoms with van der Waals surface area (Å²) < 4.78 is 5.50. The average Bonchev–Trinajstić information content (AvgIpc) is 2.53. The van der Waals surface area contributed by atoms with Crippen LogP contribution in [-0.4, -0.2) is 56.6 Å². The molecule has 7 heteroatoms. The van der Waals surface area contributed by atoms with Gasteiger partial charge in [-0.2, -0.15) is 0 Å². The van der Waals surface area contributed by atoms with Crippen molar-refractivity contribution in [1.82, 2.24) is 19.8 Å². The van der Waals surface area contributed by atoms with E-state index in [4.69, 9.17) is 4.74 Å². The van der Waals surface area contributed by atoms with Crippen molar-refractivity contribution >= 4 is 17.0 Å². The number of hydrogen-bond acceptors (Lipinski definition) is 5. The number of amides is 1. The highest BCUT2D eigenvalue weighted by atomic mass is 16.6. The van der Waals surface area contributed by atoms with Crippen LogP contribution in [0.1, 0.15) is 33.0 Å². The predicted octanol–water partition coefficient (Wildman–Crippen LogP) is 2.12. The van der Waals surface area contributed by atoms with E-state index >= 15 is 0 Å². The predicted molar refractivity (Wildman–Crippen MR) is 97.9 cm³/mol. The first kappa shape index (κ1) is 17.0. The second-order valence-corrected chi connectivity index (χ2v) is 8.15. The number of piperidine rings is 1. The molecule has 1 aromatic heterocycles. The lowest BCUT2D eigenvalue weighted by atomic mass is 9.88. The summed E-state index contributed by atoms with van der Waals surface area (Å²) in [6.07, 6.45) is 0.785. The van der Waals surface area contributed by atoms with E-state index < -0.39 is 5.60 Å². The van der Waals surface area contributed by atoms with Crippen molar-refractivity contribution in [3.63, 3.8) is 0 Å². The molecule has 7 nitrogen and oxygen atoms in total. The highest BCUT2D eigenvalue weighted by Gasteiger charge is 2.48.